The lowest BCUT2D eigenvalue weighted by Gasteiger charge is -2.27. The molecule has 2 aromatic heterocycles. The van der Waals surface area contributed by atoms with Gasteiger partial charge in [0.25, 0.3) is 0 Å². The van der Waals surface area contributed by atoms with Gasteiger partial charge in [0, 0.05) is 25.2 Å². The summed E-state index contributed by atoms with van der Waals surface area (Å²) in [7, 11) is 0. The Morgan fingerprint density at radius 3 is 2.69 bits per heavy atom. The Labute approximate surface area is 174 Å². The Balaban J connectivity index is 1.23. The third kappa shape index (κ3) is 4.13. The second-order valence-electron chi connectivity index (χ2n) is 7.92. The maximum atomic E-state index is 12.6. The van der Waals surface area contributed by atoms with Crippen molar-refractivity contribution in [3.05, 3.63) is 12.3 Å². The Bertz CT molecular complexity index is 851. The molecule has 3 aliphatic rings. The molecule has 0 atom stereocenters. The van der Waals surface area contributed by atoms with E-state index in [1.807, 2.05) is 10.7 Å². The molecule has 0 bridgehead atoms. The van der Waals surface area contributed by atoms with Gasteiger partial charge < -0.3 is 15.0 Å². The van der Waals surface area contributed by atoms with Crippen molar-refractivity contribution in [1.82, 2.24) is 24.5 Å². The molecule has 5 rings (SSSR count). The summed E-state index contributed by atoms with van der Waals surface area (Å²) in [4.78, 5) is 14.8. The molecule has 9 nitrogen and oxygen atoms in total. The third-order valence-corrected chi connectivity index (χ3v) is 6.74. The molecule has 10 heteroatoms. The number of thioether (sulfide) groups is 1. The number of nitrogens with one attached hydrogen (secondary N) is 1. The summed E-state index contributed by atoms with van der Waals surface area (Å²) in [6.07, 6.45) is 8.79. The zero-order chi connectivity index (χ0) is 19.6. The number of ether oxygens (including phenoxy) is 1. The molecular formula is C19H27N7O2S. The van der Waals surface area contributed by atoms with E-state index < -0.39 is 0 Å². The van der Waals surface area contributed by atoms with Crippen molar-refractivity contribution in [1.29, 1.82) is 0 Å². The normalized spacial score (nSPS) is 20.3. The molecule has 1 saturated heterocycles. The lowest BCUT2D eigenvalue weighted by atomic mass is 10.2. The Hall–Kier alpha value is -2.07. The summed E-state index contributed by atoms with van der Waals surface area (Å²) in [5.41, 5.74) is 0. The standard InChI is InChI=1S/C19H27N7O2S/c27-17(21-16-7-8-20-26(16)15-3-1-2-4-15)13-29-19-23-22-18(25(19)14-5-6-14)24-9-11-28-12-10-24/h7-8,14-15H,1-6,9-13H2,(H,21,27). The smallest absolute Gasteiger partial charge is 0.235 e. The summed E-state index contributed by atoms with van der Waals surface area (Å²) >= 11 is 1.46. The largest absolute Gasteiger partial charge is 0.378 e. The van der Waals surface area contributed by atoms with E-state index in [9.17, 15) is 4.79 Å². The van der Waals surface area contributed by atoms with E-state index in [1.165, 1.54) is 24.6 Å². The van der Waals surface area contributed by atoms with Gasteiger partial charge in [-0.05, 0) is 25.7 Å². The monoisotopic (exact) mass is 417 g/mol. The Morgan fingerprint density at radius 1 is 1.14 bits per heavy atom. The van der Waals surface area contributed by atoms with Crippen LogP contribution in [0.25, 0.3) is 0 Å². The van der Waals surface area contributed by atoms with E-state index in [0.29, 0.717) is 17.8 Å². The van der Waals surface area contributed by atoms with E-state index in [0.717, 1.165) is 68.9 Å². The van der Waals surface area contributed by atoms with Crippen molar-refractivity contribution >= 4 is 29.4 Å². The lowest BCUT2D eigenvalue weighted by molar-refractivity contribution is -0.113. The summed E-state index contributed by atoms with van der Waals surface area (Å²) in [5, 5.41) is 17.1. The van der Waals surface area contributed by atoms with Crippen molar-refractivity contribution in [3.63, 3.8) is 0 Å². The van der Waals surface area contributed by atoms with Crippen LogP contribution in [0.5, 0.6) is 0 Å². The van der Waals surface area contributed by atoms with E-state index in [-0.39, 0.29) is 5.91 Å². The number of hydrogen-bond acceptors (Lipinski definition) is 7. The lowest BCUT2D eigenvalue weighted by Crippen LogP contribution is -2.38. The first kappa shape index (κ1) is 18.9. The average Bonchev–Trinajstić information content (AvgIpc) is 3.14. The second-order valence-corrected chi connectivity index (χ2v) is 8.86. The van der Waals surface area contributed by atoms with Gasteiger partial charge in [0.05, 0.1) is 31.2 Å². The summed E-state index contributed by atoms with van der Waals surface area (Å²) < 4.78 is 9.64. The van der Waals surface area contributed by atoms with Crippen LogP contribution in [0.15, 0.2) is 17.4 Å². The molecule has 156 valence electrons. The van der Waals surface area contributed by atoms with E-state index >= 15 is 0 Å². The highest BCUT2D eigenvalue weighted by molar-refractivity contribution is 7.99. The van der Waals surface area contributed by atoms with Crippen LogP contribution in [-0.4, -0.2) is 62.5 Å². The molecule has 3 fully saturated rings. The fourth-order valence-corrected chi connectivity index (χ4v) is 4.96. The quantitative estimate of drug-likeness (QED) is 0.692. The topological polar surface area (TPSA) is 90.1 Å². The Morgan fingerprint density at radius 2 is 1.93 bits per heavy atom. The van der Waals surface area contributed by atoms with Crippen LogP contribution in [0.4, 0.5) is 11.8 Å². The molecule has 0 aromatic carbocycles. The summed E-state index contributed by atoms with van der Waals surface area (Å²) in [6, 6.07) is 2.74. The summed E-state index contributed by atoms with van der Waals surface area (Å²) in [6.45, 7) is 3.11. The molecule has 1 aliphatic heterocycles. The highest BCUT2D eigenvalue weighted by Crippen LogP contribution is 2.41. The first-order valence-electron chi connectivity index (χ1n) is 10.5. The number of aromatic nitrogens is 5. The number of anilines is 2. The molecule has 0 radical (unpaired) electrons. The number of carbonyl (C=O) groups excluding carboxylic acids is 1. The first-order valence-corrected chi connectivity index (χ1v) is 11.5. The molecule has 2 saturated carbocycles. The third-order valence-electron chi connectivity index (χ3n) is 5.79. The van der Waals surface area contributed by atoms with Crippen LogP contribution in [0.3, 0.4) is 0 Å². The first-order chi connectivity index (χ1) is 14.3. The molecule has 0 unspecified atom stereocenters. The average molecular weight is 418 g/mol. The molecule has 1 amide bonds. The van der Waals surface area contributed by atoms with Gasteiger partial charge in [-0.1, -0.05) is 24.6 Å². The minimum atomic E-state index is -0.0342. The van der Waals surface area contributed by atoms with Gasteiger partial charge in [0.1, 0.15) is 5.82 Å². The number of rotatable bonds is 7. The molecule has 29 heavy (non-hydrogen) atoms. The fourth-order valence-electron chi connectivity index (χ4n) is 4.16. The number of hydrogen-bond donors (Lipinski definition) is 1. The van der Waals surface area contributed by atoms with Crippen LogP contribution < -0.4 is 10.2 Å². The number of amides is 1. The fraction of sp³-hybridized carbons (Fsp3) is 0.684. The van der Waals surface area contributed by atoms with Crippen LogP contribution in [0, 0.1) is 0 Å². The minimum absolute atomic E-state index is 0.0342. The van der Waals surface area contributed by atoms with Gasteiger partial charge in [-0.15, -0.1) is 10.2 Å². The van der Waals surface area contributed by atoms with Gasteiger partial charge in [-0.25, -0.2) is 4.68 Å². The SMILES string of the molecule is O=C(CSc1nnc(N2CCOCC2)n1C1CC1)Nc1ccnn1C1CCCC1. The molecular weight excluding hydrogens is 390 g/mol. The summed E-state index contributed by atoms with van der Waals surface area (Å²) in [5.74, 6) is 1.98. The van der Waals surface area contributed by atoms with E-state index in [4.69, 9.17) is 4.74 Å². The maximum Gasteiger partial charge on any atom is 0.235 e. The molecule has 3 heterocycles. The van der Waals surface area contributed by atoms with Crippen LogP contribution in [0.2, 0.25) is 0 Å². The minimum Gasteiger partial charge on any atom is -0.378 e. The van der Waals surface area contributed by atoms with Crippen molar-refractivity contribution in [2.45, 2.75) is 55.8 Å². The van der Waals surface area contributed by atoms with Crippen molar-refractivity contribution in [2.24, 2.45) is 0 Å². The highest BCUT2D eigenvalue weighted by Gasteiger charge is 2.32. The predicted molar refractivity (Wildman–Crippen MR) is 110 cm³/mol. The molecule has 2 aliphatic carbocycles. The Kier molecular flexibility index (Phi) is 5.45. The van der Waals surface area contributed by atoms with E-state index in [2.05, 4.69) is 30.1 Å². The van der Waals surface area contributed by atoms with Gasteiger partial charge >= 0.3 is 0 Å². The van der Waals surface area contributed by atoms with Crippen LogP contribution >= 0.6 is 11.8 Å². The van der Waals surface area contributed by atoms with Crippen molar-refractivity contribution < 1.29 is 9.53 Å². The van der Waals surface area contributed by atoms with Crippen LogP contribution in [-0.2, 0) is 9.53 Å². The molecule has 1 N–H and O–H groups in total. The molecule has 2 aromatic rings. The number of morpholine rings is 1. The zero-order valence-corrected chi connectivity index (χ0v) is 17.3. The van der Waals surface area contributed by atoms with Gasteiger partial charge in [-0.3, -0.25) is 9.36 Å². The van der Waals surface area contributed by atoms with Crippen LogP contribution in [0.1, 0.15) is 50.6 Å². The highest BCUT2D eigenvalue weighted by atomic mass is 32.2. The number of nitrogens with zero attached hydrogens (tertiary/aromatic N) is 6. The number of carbonyl (C=O) groups is 1. The maximum absolute atomic E-state index is 12.6. The van der Waals surface area contributed by atoms with Gasteiger partial charge in [-0.2, -0.15) is 5.10 Å². The molecule has 0 spiro atoms. The second kappa shape index (κ2) is 8.35. The van der Waals surface area contributed by atoms with Gasteiger partial charge in [0.2, 0.25) is 11.9 Å². The zero-order valence-electron chi connectivity index (χ0n) is 16.5. The van der Waals surface area contributed by atoms with Gasteiger partial charge in [0.15, 0.2) is 5.16 Å². The van der Waals surface area contributed by atoms with E-state index in [1.54, 1.807) is 6.20 Å². The van der Waals surface area contributed by atoms with Crippen molar-refractivity contribution in [3.8, 4) is 0 Å². The van der Waals surface area contributed by atoms with Crippen molar-refractivity contribution in [2.75, 3.05) is 42.3 Å². The predicted octanol–water partition coefficient (Wildman–Crippen LogP) is 2.49.